The summed E-state index contributed by atoms with van der Waals surface area (Å²) in [6, 6.07) is 5.94. The van der Waals surface area contributed by atoms with Crippen LogP contribution in [0, 0.1) is 5.41 Å². The molecule has 1 spiro atoms. The van der Waals surface area contributed by atoms with Crippen molar-refractivity contribution in [2.45, 2.75) is 58.1 Å². The number of carbonyl (C=O) groups excluding carboxylic acids is 2. The summed E-state index contributed by atoms with van der Waals surface area (Å²) in [7, 11) is 1.39. The molecule has 2 fully saturated rings. The Bertz CT molecular complexity index is 927. The fourth-order valence-corrected chi connectivity index (χ4v) is 4.60. The number of aromatic nitrogens is 2. The highest BCUT2D eigenvalue weighted by atomic mass is 16.6. The number of benzene rings is 1. The zero-order chi connectivity index (χ0) is 20.8. The lowest BCUT2D eigenvalue weighted by Gasteiger charge is -2.52. The van der Waals surface area contributed by atoms with Gasteiger partial charge in [-0.15, -0.1) is 0 Å². The molecular formula is C22H29N3O4. The fourth-order valence-electron chi connectivity index (χ4n) is 4.60. The first-order valence-electron chi connectivity index (χ1n) is 10.2. The van der Waals surface area contributed by atoms with E-state index < -0.39 is 5.60 Å². The molecule has 29 heavy (non-hydrogen) atoms. The molecular weight excluding hydrogens is 370 g/mol. The Hall–Kier alpha value is -2.57. The van der Waals surface area contributed by atoms with Gasteiger partial charge in [0.05, 0.1) is 30.4 Å². The lowest BCUT2D eigenvalue weighted by atomic mass is 9.60. The van der Waals surface area contributed by atoms with E-state index in [1.165, 1.54) is 7.11 Å². The number of carbonyl (C=O) groups is 2. The summed E-state index contributed by atoms with van der Waals surface area (Å²) in [5, 5.41) is 5.54. The van der Waals surface area contributed by atoms with E-state index in [0.29, 0.717) is 17.0 Å². The van der Waals surface area contributed by atoms with E-state index >= 15 is 0 Å². The van der Waals surface area contributed by atoms with Crippen LogP contribution in [-0.2, 0) is 9.47 Å². The smallest absolute Gasteiger partial charge is 0.410 e. The first-order valence-corrected chi connectivity index (χ1v) is 10.2. The molecule has 0 atom stereocenters. The van der Waals surface area contributed by atoms with Crippen molar-refractivity contribution in [2.75, 3.05) is 20.2 Å². The number of hydrogen-bond acceptors (Lipinski definition) is 5. The van der Waals surface area contributed by atoms with Crippen LogP contribution in [0.3, 0.4) is 0 Å². The van der Waals surface area contributed by atoms with Crippen LogP contribution in [0.5, 0.6) is 0 Å². The molecule has 7 heteroatoms. The van der Waals surface area contributed by atoms with Crippen LogP contribution >= 0.6 is 0 Å². The third-order valence-corrected chi connectivity index (χ3v) is 6.18. The molecule has 1 aromatic heterocycles. The van der Waals surface area contributed by atoms with Crippen LogP contribution in [0.1, 0.15) is 62.9 Å². The summed E-state index contributed by atoms with van der Waals surface area (Å²) in [4.78, 5) is 25.8. The monoisotopic (exact) mass is 399 g/mol. The van der Waals surface area contributed by atoms with Crippen molar-refractivity contribution in [2.24, 2.45) is 5.41 Å². The summed E-state index contributed by atoms with van der Waals surface area (Å²) < 4.78 is 12.4. The van der Waals surface area contributed by atoms with E-state index in [1.54, 1.807) is 6.07 Å². The molecule has 2 heterocycles. The molecule has 1 aliphatic heterocycles. The van der Waals surface area contributed by atoms with Crippen molar-refractivity contribution < 1.29 is 19.1 Å². The van der Waals surface area contributed by atoms with Gasteiger partial charge >= 0.3 is 12.1 Å². The maximum absolute atomic E-state index is 12.3. The molecule has 1 saturated carbocycles. The molecule has 4 rings (SSSR count). The zero-order valence-electron chi connectivity index (χ0n) is 17.6. The molecule has 7 nitrogen and oxygen atoms in total. The van der Waals surface area contributed by atoms with Crippen molar-refractivity contribution in [1.82, 2.24) is 14.7 Å². The number of hydrogen-bond donors (Lipinski definition) is 0. The Balaban J connectivity index is 1.38. The highest BCUT2D eigenvalue weighted by Crippen LogP contribution is 2.55. The van der Waals surface area contributed by atoms with Gasteiger partial charge in [0.25, 0.3) is 0 Å². The largest absolute Gasteiger partial charge is 0.465 e. The number of rotatable bonds is 2. The van der Waals surface area contributed by atoms with Crippen molar-refractivity contribution in [3.8, 4) is 0 Å². The molecule has 2 aromatic rings. The van der Waals surface area contributed by atoms with E-state index in [-0.39, 0.29) is 12.1 Å². The van der Waals surface area contributed by atoms with Gasteiger partial charge in [-0.2, -0.15) is 5.10 Å². The van der Waals surface area contributed by atoms with Crippen LogP contribution in [-0.4, -0.2) is 52.5 Å². The molecule has 1 aliphatic carbocycles. The molecule has 1 amide bonds. The van der Waals surface area contributed by atoms with Gasteiger partial charge < -0.3 is 14.4 Å². The molecule has 0 unspecified atom stereocenters. The number of nitrogens with zero attached hydrogens (tertiary/aromatic N) is 3. The van der Waals surface area contributed by atoms with E-state index in [0.717, 1.165) is 49.7 Å². The topological polar surface area (TPSA) is 73.7 Å². The van der Waals surface area contributed by atoms with Gasteiger partial charge in [-0.25, -0.2) is 9.59 Å². The predicted octanol–water partition coefficient (Wildman–Crippen LogP) is 4.18. The van der Waals surface area contributed by atoms with Gasteiger partial charge in [-0.1, -0.05) is 0 Å². The van der Waals surface area contributed by atoms with Crippen molar-refractivity contribution in [3.63, 3.8) is 0 Å². The average molecular weight is 399 g/mol. The molecule has 0 N–H and O–H groups in total. The Kier molecular flexibility index (Phi) is 4.79. The summed E-state index contributed by atoms with van der Waals surface area (Å²) >= 11 is 0. The minimum atomic E-state index is -0.456. The van der Waals surface area contributed by atoms with Gasteiger partial charge in [-0.05, 0) is 70.1 Å². The highest BCUT2D eigenvalue weighted by Gasteiger charge is 2.48. The van der Waals surface area contributed by atoms with E-state index in [9.17, 15) is 9.59 Å². The molecule has 1 saturated heterocycles. The maximum atomic E-state index is 12.3. The second-order valence-electron chi connectivity index (χ2n) is 9.38. The van der Waals surface area contributed by atoms with Gasteiger partial charge in [0.2, 0.25) is 0 Å². The third-order valence-electron chi connectivity index (χ3n) is 6.18. The lowest BCUT2D eigenvalue weighted by Crippen LogP contribution is -2.50. The number of esters is 1. The molecule has 0 radical (unpaired) electrons. The molecule has 156 valence electrons. The van der Waals surface area contributed by atoms with Crippen LogP contribution in [0.15, 0.2) is 24.4 Å². The minimum Gasteiger partial charge on any atom is -0.465 e. The van der Waals surface area contributed by atoms with Crippen LogP contribution in [0.4, 0.5) is 4.79 Å². The first-order chi connectivity index (χ1) is 13.7. The fraction of sp³-hybridized carbons (Fsp3) is 0.591. The Morgan fingerprint density at radius 2 is 1.86 bits per heavy atom. The number of likely N-dealkylation sites (tertiary alicyclic amines) is 1. The average Bonchev–Trinajstić information content (AvgIpc) is 3.07. The number of methoxy groups -OCH3 is 1. The molecule has 2 aliphatic rings. The van der Waals surface area contributed by atoms with Gasteiger partial charge in [0.15, 0.2) is 0 Å². The third kappa shape index (κ3) is 3.82. The Labute approximate surface area is 170 Å². The molecule has 0 bridgehead atoms. The standard InChI is InChI=1S/C22H29N3O4/c1-21(2,3)29-20(27)24-9-7-22(8-10-24)12-17(13-22)25-18-6-5-15(19(26)28-4)11-16(18)14-23-25/h5-6,11,14,17H,7-10,12-13H2,1-4H3. The second kappa shape index (κ2) is 7.04. The number of piperidine rings is 1. The van der Waals surface area contributed by atoms with E-state index in [1.807, 2.05) is 44.0 Å². The summed E-state index contributed by atoms with van der Waals surface area (Å²) in [5.41, 5.74) is 1.43. The molecule has 1 aromatic carbocycles. The van der Waals surface area contributed by atoms with E-state index in [4.69, 9.17) is 9.47 Å². The number of ether oxygens (including phenoxy) is 2. The first kappa shape index (κ1) is 19.7. The van der Waals surface area contributed by atoms with Crippen LogP contribution in [0.25, 0.3) is 10.9 Å². The van der Waals surface area contributed by atoms with Crippen molar-refractivity contribution >= 4 is 23.0 Å². The normalized spacial score (nSPS) is 19.2. The van der Waals surface area contributed by atoms with Gasteiger partial charge in [0, 0.05) is 18.5 Å². The highest BCUT2D eigenvalue weighted by molar-refractivity contribution is 5.94. The summed E-state index contributed by atoms with van der Waals surface area (Å²) in [6.45, 7) is 7.20. The van der Waals surface area contributed by atoms with Gasteiger partial charge in [0.1, 0.15) is 5.60 Å². The van der Waals surface area contributed by atoms with Crippen molar-refractivity contribution in [3.05, 3.63) is 30.0 Å². The predicted molar refractivity (Wildman–Crippen MR) is 109 cm³/mol. The van der Waals surface area contributed by atoms with Crippen molar-refractivity contribution in [1.29, 1.82) is 0 Å². The van der Waals surface area contributed by atoms with E-state index in [2.05, 4.69) is 9.78 Å². The summed E-state index contributed by atoms with van der Waals surface area (Å²) in [6.07, 6.45) is 5.78. The Morgan fingerprint density at radius 3 is 2.48 bits per heavy atom. The van der Waals surface area contributed by atoms with Crippen LogP contribution < -0.4 is 0 Å². The quantitative estimate of drug-likeness (QED) is 0.709. The Morgan fingerprint density at radius 1 is 1.17 bits per heavy atom. The van der Waals surface area contributed by atoms with Gasteiger partial charge in [-0.3, -0.25) is 4.68 Å². The second-order valence-corrected chi connectivity index (χ2v) is 9.38. The summed E-state index contributed by atoms with van der Waals surface area (Å²) in [5.74, 6) is -0.334. The minimum absolute atomic E-state index is 0.206. The number of fused-ring (bicyclic) bond motifs is 1. The zero-order valence-corrected chi connectivity index (χ0v) is 17.6. The maximum Gasteiger partial charge on any atom is 0.410 e. The SMILES string of the molecule is COC(=O)c1ccc2c(cnn2C2CC3(CCN(C(=O)OC(C)(C)C)CC3)C2)c1. The van der Waals surface area contributed by atoms with Crippen LogP contribution in [0.2, 0.25) is 0 Å². The number of amides is 1. The lowest BCUT2D eigenvalue weighted by molar-refractivity contribution is -0.0249.